The van der Waals surface area contributed by atoms with Crippen molar-refractivity contribution in [2.24, 2.45) is 0 Å². The van der Waals surface area contributed by atoms with Crippen LogP contribution in [0.15, 0.2) is 77.4 Å². The molecule has 0 aliphatic heterocycles. The number of esters is 1. The van der Waals surface area contributed by atoms with Crippen LogP contribution in [0.5, 0.6) is 0 Å². The standard InChI is InChI=1S/C30H25BrN2O4/c1-3-36-29(34)28-24-15-20-14-21(31)12-13-23(20)27(24)25(16-32-28)22-10-7-11-26(18(22)2)33-30(35)37-17-19-8-5-4-6-9-19/h4-14,16H,3,15,17H2,1-2H3,(H,33,35). The van der Waals surface area contributed by atoms with Crippen molar-refractivity contribution in [2.75, 3.05) is 11.9 Å². The zero-order valence-electron chi connectivity index (χ0n) is 20.5. The van der Waals surface area contributed by atoms with Gasteiger partial charge in [-0.25, -0.2) is 14.6 Å². The second-order valence-corrected chi connectivity index (χ2v) is 9.65. The maximum atomic E-state index is 12.7. The summed E-state index contributed by atoms with van der Waals surface area (Å²) >= 11 is 3.56. The molecule has 0 radical (unpaired) electrons. The number of ether oxygens (including phenoxy) is 2. The van der Waals surface area contributed by atoms with Crippen molar-refractivity contribution in [2.45, 2.75) is 26.9 Å². The normalized spacial score (nSPS) is 11.4. The Morgan fingerprint density at radius 3 is 2.57 bits per heavy atom. The summed E-state index contributed by atoms with van der Waals surface area (Å²) < 4.78 is 11.7. The summed E-state index contributed by atoms with van der Waals surface area (Å²) in [6.07, 6.45) is 1.78. The van der Waals surface area contributed by atoms with Crippen molar-refractivity contribution < 1.29 is 19.1 Å². The number of nitrogens with zero attached hydrogens (tertiary/aromatic N) is 1. The smallest absolute Gasteiger partial charge is 0.411 e. The lowest BCUT2D eigenvalue weighted by atomic mass is 9.92. The maximum Gasteiger partial charge on any atom is 0.411 e. The second-order valence-electron chi connectivity index (χ2n) is 8.74. The summed E-state index contributed by atoms with van der Waals surface area (Å²) in [6, 6.07) is 21.4. The minimum atomic E-state index is -0.527. The first-order valence-electron chi connectivity index (χ1n) is 12.0. The fourth-order valence-electron chi connectivity index (χ4n) is 4.69. The molecular weight excluding hydrogens is 532 g/mol. The highest BCUT2D eigenvalue weighted by Crippen LogP contribution is 2.46. The molecule has 1 heterocycles. The number of carbonyl (C=O) groups is 2. The van der Waals surface area contributed by atoms with E-state index in [0.717, 1.165) is 49.0 Å². The van der Waals surface area contributed by atoms with E-state index >= 15 is 0 Å². The number of rotatable bonds is 6. The highest BCUT2D eigenvalue weighted by Gasteiger charge is 2.29. The Morgan fingerprint density at radius 2 is 1.78 bits per heavy atom. The third-order valence-electron chi connectivity index (χ3n) is 6.43. The van der Waals surface area contributed by atoms with E-state index in [1.54, 1.807) is 13.1 Å². The third-order valence-corrected chi connectivity index (χ3v) is 6.92. The maximum absolute atomic E-state index is 12.7. The lowest BCUT2D eigenvalue weighted by Gasteiger charge is -2.17. The van der Waals surface area contributed by atoms with Gasteiger partial charge in [0.2, 0.25) is 0 Å². The lowest BCUT2D eigenvalue weighted by Crippen LogP contribution is -2.14. The van der Waals surface area contributed by atoms with Crippen LogP contribution in [-0.4, -0.2) is 23.7 Å². The average Bonchev–Trinajstić information content (AvgIpc) is 3.27. The Bertz CT molecular complexity index is 1500. The zero-order valence-corrected chi connectivity index (χ0v) is 22.1. The second kappa shape index (κ2) is 10.6. The lowest BCUT2D eigenvalue weighted by molar-refractivity contribution is 0.0518. The summed E-state index contributed by atoms with van der Waals surface area (Å²) in [5, 5.41) is 2.87. The number of amides is 1. The van der Waals surface area contributed by atoms with E-state index in [4.69, 9.17) is 9.47 Å². The van der Waals surface area contributed by atoms with Crippen molar-refractivity contribution in [3.05, 3.63) is 105 Å². The molecule has 186 valence electrons. The molecule has 1 amide bonds. The average molecular weight is 557 g/mol. The van der Waals surface area contributed by atoms with Gasteiger partial charge < -0.3 is 9.47 Å². The van der Waals surface area contributed by atoms with E-state index in [9.17, 15) is 9.59 Å². The van der Waals surface area contributed by atoms with E-state index in [0.29, 0.717) is 17.8 Å². The molecule has 0 saturated carbocycles. The molecule has 0 saturated heterocycles. The molecule has 1 aliphatic rings. The van der Waals surface area contributed by atoms with Crippen LogP contribution in [0, 0.1) is 6.92 Å². The van der Waals surface area contributed by atoms with E-state index < -0.39 is 12.1 Å². The molecular formula is C30H25BrN2O4. The minimum absolute atomic E-state index is 0.185. The molecule has 5 rings (SSSR count). The largest absolute Gasteiger partial charge is 0.461 e. The number of fused-ring (bicyclic) bond motifs is 3. The van der Waals surface area contributed by atoms with Crippen molar-refractivity contribution >= 4 is 33.7 Å². The van der Waals surface area contributed by atoms with Crippen LogP contribution in [0.3, 0.4) is 0 Å². The molecule has 0 fully saturated rings. The molecule has 6 nitrogen and oxygen atoms in total. The van der Waals surface area contributed by atoms with Crippen molar-refractivity contribution in [1.82, 2.24) is 4.98 Å². The van der Waals surface area contributed by atoms with Crippen LogP contribution in [0.1, 0.15) is 39.7 Å². The number of pyridine rings is 1. The molecule has 7 heteroatoms. The van der Waals surface area contributed by atoms with Crippen LogP contribution in [0.25, 0.3) is 22.3 Å². The van der Waals surface area contributed by atoms with Crippen molar-refractivity contribution in [3.63, 3.8) is 0 Å². The van der Waals surface area contributed by atoms with Crippen LogP contribution < -0.4 is 5.32 Å². The summed E-state index contributed by atoms with van der Waals surface area (Å²) in [5.74, 6) is -0.425. The van der Waals surface area contributed by atoms with Gasteiger partial charge in [-0.15, -0.1) is 0 Å². The predicted molar refractivity (Wildman–Crippen MR) is 147 cm³/mol. The molecule has 37 heavy (non-hydrogen) atoms. The van der Waals surface area contributed by atoms with Gasteiger partial charge in [0.15, 0.2) is 5.69 Å². The number of anilines is 1. The van der Waals surface area contributed by atoms with Crippen molar-refractivity contribution in [3.8, 4) is 22.3 Å². The molecule has 1 N–H and O–H groups in total. The highest BCUT2D eigenvalue weighted by molar-refractivity contribution is 9.10. The van der Waals surface area contributed by atoms with E-state index in [2.05, 4.69) is 38.4 Å². The summed E-state index contributed by atoms with van der Waals surface area (Å²) in [6.45, 7) is 4.20. The van der Waals surface area contributed by atoms with E-state index in [1.165, 1.54) is 0 Å². The van der Waals surface area contributed by atoms with Gasteiger partial charge in [-0.3, -0.25) is 5.32 Å². The van der Waals surface area contributed by atoms with Crippen molar-refractivity contribution in [1.29, 1.82) is 0 Å². The molecule has 1 aromatic heterocycles. The monoisotopic (exact) mass is 556 g/mol. The number of halogens is 1. The quantitative estimate of drug-likeness (QED) is 0.222. The van der Waals surface area contributed by atoms with Crippen LogP contribution in [0.4, 0.5) is 10.5 Å². The SMILES string of the molecule is CCOC(=O)c1ncc(-c2cccc(NC(=O)OCc3ccccc3)c2C)c2c1Cc1cc(Br)ccc1-2. The van der Waals surface area contributed by atoms with Gasteiger partial charge in [-0.2, -0.15) is 0 Å². The van der Waals surface area contributed by atoms with E-state index in [1.807, 2.05) is 61.5 Å². The summed E-state index contributed by atoms with van der Waals surface area (Å²) in [5.41, 5.74) is 8.56. The Kier molecular flexibility index (Phi) is 7.06. The first-order valence-corrected chi connectivity index (χ1v) is 12.8. The number of carbonyl (C=O) groups excluding carboxylic acids is 2. The molecule has 0 bridgehead atoms. The predicted octanol–water partition coefficient (Wildman–Crippen LogP) is 7.32. The molecule has 3 aromatic carbocycles. The highest BCUT2D eigenvalue weighted by atomic mass is 79.9. The van der Waals surface area contributed by atoms with Gasteiger partial charge in [0.1, 0.15) is 6.61 Å². The van der Waals surface area contributed by atoms with Gasteiger partial charge in [-0.1, -0.05) is 64.5 Å². The molecule has 0 spiro atoms. The minimum Gasteiger partial charge on any atom is -0.461 e. The van der Waals surface area contributed by atoms with Crippen LogP contribution >= 0.6 is 15.9 Å². The molecule has 1 aliphatic carbocycles. The van der Waals surface area contributed by atoms with Gasteiger partial charge in [0.25, 0.3) is 0 Å². The van der Waals surface area contributed by atoms with Crippen LogP contribution in [-0.2, 0) is 22.5 Å². The fraction of sp³-hybridized carbons (Fsp3) is 0.167. The first-order chi connectivity index (χ1) is 18.0. The molecule has 4 aromatic rings. The van der Waals surface area contributed by atoms with Crippen LogP contribution in [0.2, 0.25) is 0 Å². The Labute approximate surface area is 223 Å². The van der Waals surface area contributed by atoms with E-state index in [-0.39, 0.29) is 13.2 Å². The Hall–Kier alpha value is -3.97. The number of hydrogen-bond acceptors (Lipinski definition) is 5. The number of aromatic nitrogens is 1. The number of nitrogens with one attached hydrogen (secondary N) is 1. The van der Waals surface area contributed by atoms with Gasteiger partial charge in [-0.05, 0) is 71.0 Å². The fourth-order valence-corrected chi connectivity index (χ4v) is 5.10. The Balaban J connectivity index is 1.51. The van der Waals surface area contributed by atoms with Gasteiger partial charge in [0, 0.05) is 28.3 Å². The zero-order chi connectivity index (χ0) is 25.9. The Morgan fingerprint density at radius 1 is 0.973 bits per heavy atom. The molecule has 0 atom stereocenters. The summed E-state index contributed by atoms with van der Waals surface area (Å²) in [7, 11) is 0. The number of hydrogen-bond donors (Lipinski definition) is 1. The molecule has 0 unspecified atom stereocenters. The van der Waals surface area contributed by atoms with Gasteiger partial charge >= 0.3 is 12.1 Å². The summed E-state index contributed by atoms with van der Waals surface area (Å²) in [4.78, 5) is 29.8. The number of benzene rings is 3. The topological polar surface area (TPSA) is 77.5 Å². The first kappa shape index (κ1) is 24.7. The third kappa shape index (κ3) is 5.00. The van der Waals surface area contributed by atoms with Gasteiger partial charge in [0.05, 0.1) is 6.61 Å².